The third-order valence-corrected chi connectivity index (χ3v) is 9.94. The van der Waals surface area contributed by atoms with Crippen LogP contribution in [0.3, 0.4) is 0 Å². The molecule has 2 N–H and O–H groups in total. The summed E-state index contributed by atoms with van der Waals surface area (Å²) in [5, 5.41) is 6.76. The van der Waals surface area contributed by atoms with Crippen molar-refractivity contribution in [2.24, 2.45) is 0 Å². The van der Waals surface area contributed by atoms with Crippen LogP contribution in [0.25, 0.3) is 0 Å². The highest BCUT2D eigenvalue weighted by Gasteiger charge is 2.46. The van der Waals surface area contributed by atoms with E-state index in [1.54, 1.807) is 0 Å². The lowest BCUT2D eigenvalue weighted by molar-refractivity contribution is -0.121. The summed E-state index contributed by atoms with van der Waals surface area (Å²) in [6.45, 7) is 8.58. The Morgan fingerprint density at radius 2 is 1.11 bits per heavy atom. The minimum absolute atomic E-state index is 0.0737. The molecule has 0 aromatic rings. The molecule has 6 nitrogen and oxygen atoms in total. The first-order valence-corrected chi connectivity index (χ1v) is 12.4. The van der Waals surface area contributed by atoms with Crippen molar-refractivity contribution < 1.29 is 9.59 Å². The number of nitrogens with zero attached hydrogens (tertiary/aromatic N) is 2. The molecular weight excluding hydrogens is 392 g/mol. The van der Waals surface area contributed by atoms with Crippen molar-refractivity contribution in [2.45, 2.75) is 72.6 Å². The van der Waals surface area contributed by atoms with Crippen LogP contribution in [0.4, 0.5) is 0 Å². The molecule has 0 unspecified atom stereocenters. The van der Waals surface area contributed by atoms with Crippen LogP contribution in [0, 0.1) is 0 Å². The highest BCUT2D eigenvalue weighted by atomic mass is 32.2. The van der Waals surface area contributed by atoms with Gasteiger partial charge >= 0.3 is 0 Å². The maximum absolute atomic E-state index is 11.6. The summed E-state index contributed by atoms with van der Waals surface area (Å²) in [5.41, 5.74) is 0. The number of rotatable bonds is 2. The van der Waals surface area contributed by atoms with Gasteiger partial charge in [-0.2, -0.15) is 0 Å². The molecule has 4 fully saturated rings. The Morgan fingerprint density at radius 3 is 1.36 bits per heavy atom. The Labute approximate surface area is 178 Å². The molecule has 0 aliphatic carbocycles. The number of piperidine rings is 2. The molecule has 0 aromatic heterocycles. The molecule has 0 bridgehead atoms. The average molecular weight is 429 g/mol. The van der Waals surface area contributed by atoms with Gasteiger partial charge in [0.15, 0.2) is 0 Å². The van der Waals surface area contributed by atoms with Crippen molar-refractivity contribution in [1.82, 2.24) is 20.4 Å². The minimum Gasteiger partial charge on any atom is -0.341 e. The van der Waals surface area contributed by atoms with E-state index in [4.69, 9.17) is 0 Å². The molecule has 28 heavy (non-hydrogen) atoms. The predicted octanol–water partition coefficient (Wildman–Crippen LogP) is 2.10. The fraction of sp³-hybridized carbons (Fsp3) is 0.900. The average Bonchev–Trinajstić information content (AvgIpc) is 3.17. The molecule has 160 valence electrons. The lowest BCUT2D eigenvalue weighted by atomic mass is 10.0. The summed E-state index contributed by atoms with van der Waals surface area (Å²) in [4.78, 5) is 28.0. The minimum atomic E-state index is 0.0737. The molecule has 0 saturated carbocycles. The molecule has 2 amide bonds. The van der Waals surface area contributed by atoms with Crippen LogP contribution in [0.15, 0.2) is 0 Å². The van der Waals surface area contributed by atoms with Gasteiger partial charge < -0.3 is 20.4 Å². The van der Waals surface area contributed by atoms with Crippen LogP contribution in [0.1, 0.15) is 52.4 Å². The van der Waals surface area contributed by atoms with Crippen LogP contribution < -0.4 is 10.6 Å². The number of carbonyl (C=O) groups is 2. The molecule has 4 aliphatic rings. The largest absolute Gasteiger partial charge is 0.341 e. The van der Waals surface area contributed by atoms with Crippen molar-refractivity contribution in [3.05, 3.63) is 0 Å². The van der Waals surface area contributed by atoms with Crippen molar-refractivity contribution in [3.63, 3.8) is 0 Å². The Morgan fingerprint density at radius 1 is 0.786 bits per heavy atom. The molecule has 4 aliphatic heterocycles. The lowest BCUT2D eigenvalue weighted by Crippen LogP contribution is -2.48. The Balaban J connectivity index is 0.000000161. The molecule has 0 aromatic carbocycles. The molecule has 4 heterocycles. The summed E-state index contributed by atoms with van der Waals surface area (Å²) >= 11 is 3.71. The number of carbonyl (C=O) groups excluding carboxylic acids is 2. The van der Waals surface area contributed by atoms with E-state index in [-0.39, 0.29) is 32.1 Å². The number of hydrogen-bond donors (Lipinski definition) is 2. The van der Waals surface area contributed by atoms with E-state index in [1.165, 1.54) is 0 Å². The standard InChI is InChI=1S/2C10H18N2OS/c2*1-3-8-9(13)11-10(14-8)4-6-12(2)7-5-10/h2*8H,3-7H2,1-2H3,(H,11,13)/t2*8-/m10/s1. The summed E-state index contributed by atoms with van der Waals surface area (Å²) in [5.74, 6) is 0.504. The van der Waals surface area contributed by atoms with Crippen LogP contribution in [-0.4, -0.2) is 82.1 Å². The monoisotopic (exact) mass is 428 g/mol. The number of amides is 2. The van der Waals surface area contributed by atoms with Gasteiger partial charge in [-0.3, -0.25) is 9.59 Å². The Kier molecular flexibility index (Phi) is 7.27. The summed E-state index contributed by atoms with van der Waals surface area (Å²) in [6.07, 6.45) is 6.28. The van der Waals surface area contributed by atoms with Gasteiger partial charge in [-0.15, -0.1) is 23.5 Å². The maximum Gasteiger partial charge on any atom is 0.234 e. The predicted molar refractivity (Wildman–Crippen MR) is 119 cm³/mol. The molecule has 2 atom stereocenters. The van der Waals surface area contributed by atoms with Crippen molar-refractivity contribution in [2.75, 3.05) is 40.3 Å². The second-order valence-corrected chi connectivity index (χ2v) is 11.8. The van der Waals surface area contributed by atoms with Gasteiger partial charge in [0.05, 0.1) is 20.2 Å². The van der Waals surface area contributed by atoms with E-state index in [0.717, 1.165) is 64.7 Å². The fourth-order valence-corrected chi connectivity index (χ4v) is 7.21. The quantitative estimate of drug-likeness (QED) is 0.702. The molecule has 4 saturated heterocycles. The zero-order chi connectivity index (χ0) is 20.4. The van der Waals surface area contributed by atoms with Crippen LogP contribution in [-0.2, 0) is 9.59 Å². The SMILES string of the molecule is CC[C@@H]1SC2(CCN(C)CC2)NC1=O.CC[C@H]1SC2(CCN(C)CC2)NC1=O. The van der Waals surface area contributed by atoms with E-state index in [1.807, 2.05) is 23.5 Å². The van der Waals surface area contributed by atoms with Gasteiger partial charge in [0.2, 0.25) is 11.8 Å². The summed E-state index contributed by atoms with van der Waals surface area (Å²) in [7, 11) is 4.29. The fourth-order valence-electron chi connectivity index (χ4n) is 4.30. The Hall–Kier alpha value is -0.440. The van der Waals surface area contributed by atoms with Crippen LogP contribution >= 0.6 is 23.5 Å². The normalized spacial score (nSPS) is 32.1. The molecule has 4 rings (SSSR count). The van der Waals surface area contributed by atoms with Gasteiger partial charge in [0.25, 0.3) is 0 Å². The highest BCUT2D eigenvalue weighted by molar-refractivity contribution is 8.02. The van der Waals surface area contributed by atoms with Crippen molar-refractivity contribution >= 4 is 35.3 Å². The van der Waals surface area contributed by atoms with Gasteiger partial charge in [-0.1, -0.05) is 13.8 Å². The molecule has 0 radical (unpaired) electrons. The zero-order valence-electron chi connectivity index (χ0n) is 17.8. The highest BCUT2D eigenvalue weighted by Crippen LogP contribution is 2.43. The summed E-state index contributed by atoms with van der Waals surface area (Å²) < 4.78 is 0. The van der Waals surface area contributed by atoms with Crippen molar-refractivity contribution in [1.29, 1.82) is 0 Å². The third-order valence-electron chi connectivity index (χ3n) is 6.35. The van der Waals surface area contributed by atoms with Gasteiger partial charge in [-0.05, 0) is 52.6 Å². The van der Waals surface area contributed by atoms with E-state index in [2.05, 4.69) is 48.4 Å². The van der Waals surface area contributed by atoms with Gasteiger partial charge in [0, 0.05) is 26.2 Å². The Bertz CT molecular complexity index is 523. The number of nitrogens with one attached hydrogen (secondary N) is 2. The second kappa shape index (κ2) is 9.14. The summed E-state index contributed by atoms with van der Waals surface area (Å²) in [6, 6.07) is 0. The first-order chi connectivity index (χ1) is 13.3. The number of likely N-dealkylation sites (tertiary alicyclic amines) is 2. The molecule has 2 spiro atoms. The second-order valence-electron chi connectivity index (χ2n) is 8.60. The van der Waals surface area contributed by atoms with E-state index in [9.17, 15) is 9.59 Å². The zero-order valence-corrected chi connectivity index (χ0v) is 19.4. The van der Waals surface area contributed by atoms with Gasteiger partial charge in [-0.25, -0.2) is 0 Å². The third kappa shape index (κ3) is 4.99. The van der Waals surface area contributed by atoms with Crippen LogP contribution in [0.2, 0.25) is 0 Å². The van der Waals surface area contributed by atoms with Gasteiger partial charge in [0.1, 0.15) is 0 Å². The van der Waals surface area contributed by atoms with E-state index < -0.39 is 0 Å². The van der Waals surface area contributed by atoms with E-state index >= 15 is 0 Å². The van der Waals surface area contributed by atoms with E-state index in [0.29, 0.717) is 0 Å². The molecular formula is C20H36N4O2S2. The first kappa shape index (κ1) is 22.2. The van der Waals surface area contributed by atoms with Crippen molar-refractivity contribution in [3.8, 4) is 0 Å². The number of hydrogen-bond acceptors (Lipinski definition) is 6. The number of thioether (sulfide) groups is 2. The maximum atomic E-state index is 11.6. The smallest absolute Gasteiger partial charge is 0.234 e. The molecule has 8 heteroatoms. The van der Waals surface area contributed by atoms with Crippen LogP contribution in [0.5, 0.6) is 0 Å². The first-order valence-electron chi connectivity index (χ1n) is 10.7. The lowest BCUT2D eigenvalue weighted by Gasteiger charge is -2.36. The topological polar surface area (TPSA) is 64.7 Å².